The van der Waals surface area contributed by atoms with Gasteiger partial charge in [-0.25, -0.2) is 4.79 Å². The summed E-state index contributed by atoms with van der Waals surface area (Å²) in [6, 6.07) is 22.8. The molecule has 3 aromatic rings. The molecule has 0 bridgehead atoms. The Morgan fingerprint density at radius 1 is 0.786 bits per heavy atom. The third-order valence-electron chi connectivity index (χ3n) is 3.86. The molecular formula is C22H19NO5. The van der Waals surface area contributed by atoms with Crippen molar-refractivity contribution < 1.29 is 24.2 Å². The number of hydrogen-bond acceptors (Lipinski definition) is 4. The number of ether oxygens (including phenoxy) is 2. The normalized spacial score (nSPS) is 10.1. The van der Waals surface area contributed by atoms with Gasteiger partial charge < -0.3 is 19.9 Å². The van der Waals surface area contributed by atoms with Crippen LogP contribution in [0.2, 0.25) is 0 Å². The van der Waals surface area contributed by atoms with Crippen LogP contribution in [0, 0.1) is 0 Å². The number of nitrogens with one attached hydrogen (secondary N) is 1. The summed E-state index contributed by atoms with van der Waals surface area (Å²) < 4.78 is 11.2. The molecule has 0 aliphatic carbocycles. The van der Waals surface area contributed by atoms with E-state index in [1.165, 1.54) is 24.3 Å². The van der Waals surface area contributed by atoms with Gasteiger partial charge in [-0.3, -0.25) is 4.79 Å². The average Bonchev–Trinajstić information content (AvgIpc) is 2.72. The molecule has 1 amide bonds. The Bertz CT molecular complexity index is 921. The third-order valence-corrected chi connectivity index (χ3v) is 3.86. The highest BCUT2D eigenvalue weighted by Crippen LogP contribution is 2.19. The van der Waals surface area contributed by atoms with Crippen LogP contribution in [-0.4, -0.2) is 23.6 Å². The van der Waals surface area contributed by atoms with Gasteiger partial charge in [-0.2, -0.15) is 0 Å². The zero-order valence-electron chi connectivity index (χ0n) is 15.0. The number of carbonyl (C=O) groups excluding carboxylic acids is 1. The van der Waals surface area contributed by atoms with E-state index in [2.05, 4.69) is 5.32 Å². The second-order valence-electron chi connectivity index (χ2n) is 5.97. The Kier molecular flexibility index (Phi) is 6.25. The lowest BCUT2D eigenvalue weighted by Crippen LogP contribution is -2.20. The molecule has 3 aromatic carbocycles. The second kappa shape index (κ2) is 9.23. The van der Waals surface area contributed by atoms with E-state index in [-0.39, 0.29) is 18.1 Å². The predicted octanol–water partition coefficient (Wildman–Crippen LogP) is 3.98. The fourth-order valence-electron chi connectivity index (χ4n) is 2.42. The molecule has 0 saturated carbocycles. The highest BCUT2D eigenvalue weighted by molar-refractivity contribution is 5.93. The first-order chi connectivity index (χ1) is 13.6. The number of hydrogen-bond donors (Lipinski definition) is 2. The number of anilines is 1. The summed E-state index contributed by atoms with van der Waals surface area (Å²) in [5.41, 5.74) is 1.74. The Morgan fingerprint density at radius 2 is 1.39 bits per heavy atom. The van der Waals surface area contributed by atoms with Crippen LogP contribution in [0.1, 0.15) is 15.9 Å². The van der Waals surface area contributed by atoms with Crippen molar-refractivity contribution in [2.24, 2.45) is 0 Å². The molecule has 2 N–H and O–H groups in total. The van der Waals surface area contributed by atoms with Crippen molar-refractivity contribution in [1.82, 2.24) is 0 Å². The van der Waals surface area contributed by atoms with Crippen molar-refractivity contribution in [3.63, 3.8) is 0 Å². The van der Waals surface area contributed by atoms with E-state index in [9.17, 15) is 9.59 Å². The molecular weight excluding hydrogens is 358 g/mol. The molecule has 6 heteroatoms. The van der Waals surface area contributed by atoms with Crippen molar-refractivity contribution >= 4 is 17.6 Å². The lowest BCUT2D eigenvalue weighted by Gasteiger charge is -2.09. The molecule has 6 nitrogen and oxygen atoms in total. The molecule has 0 fully saturated rings. The van der Waals surface area contributed by atoms with E-state index in [0.29, 0.717) is 23.8 Å². The van der Waals surface area contributed by atoms with E-state index >= 15 is 0 Å². The van der Waals surface area contributed by atoms with Crippen LogP contribution < -0.4 is 14.8 Å². The maximum absolute atomic E-state index is 12.0. The second-order valence-corrected chi connectivity index (χ2v) is 5.97. The van der Waals surface area contributed by atoms with Gasteiger partial charge in [0.15, 0.2) is 6.61 Å². The van der Waals surface area contributed by atoms with Gasteiger partial charge in [0, 0.05) is 5.69 Å². The lowest BCUT2D eigenvalue weighted by molar-refractivity contribution is -0.118. The van der Waals surface area contributed by atoms with Crippen LogP contribution in [-0.2, 0) is 11.4 Å². The Balaban J connectivity index is 1.45. The number of carboxylic acid groups (broad SMARTS) is 1. The van der Waals surface area contributed by atoms with Crippen molar-refractivity contribution in [2.75, 3.05) is 11.9 Å². The fourth-order valence-corrected chi connectivity index (χ4v) is 2.42. The van der Waals surface area contributed by atoms with Gasteiger partial charge in [-0.1, -0.05) is 30.3 Å². The van der Waals surface area contributed by atoms with Gasteiger partial charge in [0.1, 0.15) is 18.1 Å². The Labute approximate surface area is 162 Å². The van der Waals surface area contributed by atoms with Crippen LogP contribution >= 0.6 is 0 Å². The maximum atomic E-state index is 12.0. The number of rotatable bonds is 8. The highest BCUT2D eigenvalue weighted by Gasteiger charge is 2.06. The van der Waals surface area contributed by atoms with Gasteiger partial charge in [-0.15, -0.1) is 0 Å². The molecule has 0 aliphatic rings. The average molecular weight is 377 g/mol. The van der Waals surface area contributed by atoms with Crippen molar-refractivity contribution in [3.05, 3.63) is 90.0 Å². The van der Waals surface area contributed by atoms with Gasteiger partial charge in [-0.05, 0) is 54.1 Å². The molecule has 0 radical (unpaired) electrons. The smallest absolute Gasteiger partial charge is 0.335 e. The van der Waals surface area contributed by atoms with Gasteiger partial charge in [0.25, 0.3) is 5.91 Å². The lowest BCUT2D eigenvalue weighted by atomic mass is 10.2. The summed E-state index contributed by atoms with van der Waals surface area (Å²) in [4.78, 5) is 22.8. The number of amides is 1. The highest BCUT2D eigenvalue weighted by atomic mass is 16.5. The summed E-state index contributed by atoms with van der Waals surface area (Å²) in [6.45, 7) is 0.315. The molecule has 0 aromatic heterocycles. The molecule has 0 spiro atoms. The van der Waals surface area contributed by atoms with Crippen LogP contribution in [0.4, 0.5) is 5.69 Å². The third kappa shape index (κ3) is 5.60. The SMILES string of the molecule is O=C(COc1ccc(OCc2ccccc2)cc1)Nc1ccc(C(=O)O)cc1. The van der Waals surface area contributed by atoms with Crippen LogP contribution in [0.15, 0.2) is 78.9 Å². The van der Waals surface area contributed by atoms with E-state index in [1.807, 2.05) is 30.3 Å². The first-order valence-corrected chi connectivity index (χ1v) is 8.63. The maximum Gasteiger partial charge on any atom is 0.335 e. The van der Waals surface area contributed by atoms with Crippen molar-refractivity contribution in [3.8, 4) is 11.5 Å². The molecule has 142 valence electrons. The molecule has 0 aliphatic heterocycles. The first-order valence-electron chi connectivity index (χ1n) is 8.63. The van der Waals surface area contributed by atoms with Crippen LogP contribution in [0.5, 0.6) is 11.5 Å². The van der Waals surface area contributed by atoms with Gasteiger partial charge in [0.2, 0.25) is 0 Å². The standard InChI is InChI=1S/C22H19NO5/c24-21(23-18-8-6-17(7-9-18)22(25)26)15-28-20-12-10-19(11-13-20)27-14-16-4-2-1-3-5-16/h1-13H,14-15H2,(H,23,24)(H,25,26). The molecule has 3 rings (SSSR count). The minimum absolute atomic E-state index is 0.156. The van der Waals surface area contributed by atoms with Crippen LogP contribution in [0.25, 0.3) is 0 Å². The topological polar surface area (TPSA) is 84.9 Å². The number of carboxylic acids is 1. The molecule has 28 heavy (non-hydrogen) atoms. The zero-order valence-corrected chi connectivity index (χ0v) is 15.0. The molecule has 0 unspecified atom stereocenters. The van der Waals surface area contributed by atoms with Crippen molar-refractivity contribution in [1.29, 1.82) is 0 Å². The van der Waals surface area contributed by atoms with Gasteiger partial charge >= 0.3 is 5.97 Å². The zero-order chi connectivity index (χ0) is 19.8. The monoisotopic (exact) mass is 377 g/mol. The summed E-state index contributed by atoms with van der Waals surface area (Å²) in [6.07, 6.45) is 0. The molecule has 0 atom stereocenters. The number of carbonyl (C=O) groups is 2. The fraction of sp³-hybridized carbons (Fsp3) is 0.0909. The minimum Gasteiger partial charge on any atom is -0.489 e. The van der Waals surface area contributed by atoms with E-state index in [0.717, 1.165) is 5.56 Å². The summed E-state index contributed by atoms with van der Waals surface area (Å²) in [5, 5.41) is 11.5. The molecule has 0 saturated heterocycles. The minimum atomic E-state index is -1.02. The summed E-state index contributed by atoms with van der Waals surface area (Å²) >= 11 is 0. The largest absolute Gasteiger partial charge is 0.489 e. The Morgan fingerprint density at radius 3 is 2.00 bits per heavy atom. The predicted molar refractivity (Wildman–Crippen MR) is 105 cm³/mol. The Hall–Kier alpha value is -3.80. The first kappa shape index (κ1) is 19.0. The van der Waals surface area contributed by atoms with E-state index in [4.69, 9.17) is 14.6 Å². The summed E-state index contributed by atoms with van der Waals surface area (Å²) in [5.74, 6) is -0.104. The quantitative estimate of drug-likeness (QED) is 0.620. The van der Waals surface area contributed by atoms with Gasteiger partial charge in [0.05, 0.1) is 5.56 Å². The number of aromatic carboxylic acids is 1. The number of benzene rings is 3. The van der Waals surface area contributed by atoms with Crippen molar-refractivity contribution in [2.45, 2.75) is 6.61 Å². The van der Waals surface area contributed by atoms with Crippen LogP contribution in [0.3, 0.4) is 0 Å². The summed E-state index contributed by atoms with van der Waals surface area (Å²) in [7, 11) is 0. The van der Waals surface area contributed by atoms with E-state index in [1.54, 1.807) is 24.3 Å². The molecule has 0 heterocycles. The van der Waals surface area contributed by atoms with E-state index < -0.39 is 5.97 Å².